The SMILES string of the molecule is CCCCC(CC)CC(C)(O)c1cccc(Br)c1. The first-order valence-corrected chi connectivity index (χ1v) is 7.77. The van der Waals surface area contributed by atoms with Crippen LogP contribution in [-0.2, 0) is 5.60 Å². The van der Waals surface area contributed by atoms with E-state index in [2.05, 4.69) is 29.8 Å². The lowest BCUT2D eigenvalue weighted by Gasteiger charge is -2.29. The van der Waals surface area contributed by atoms with E-state index < -0.39 is 5.60 Å². The average molecular weight is 313 g/mol. The van der Waals surface area contributed by atoms with Crippen molar-refractivity contribution in [3.63, 3.8) is 0 Å². The molecule has 1 aromatic rings. The third-order valence-corrected chi connectivity index (χ3v) is 4.17. The van der Waals surface area contributed by atoms with E-state index in [1.165, 1.54) is 19.3 Å². The molecule has 0 spiro atoms. The Bertz CT molecular complexity index is 360. The maximum atomic E-state index is 10.7. The average Bonchev–Trinajstić information content (AvgIpc) is 2.34. The summed E-state index contributed by atoms with van der Waals surface area (Å²) in [6.45, 7) is 6.37. The van der Waals surface area contributed by atoms with Gasteiger partial charge in [0.2, 0.25) is 0 Å². The fraction of sp³-hybridized carbons (Fsp3) is 0.625. The van der Waals surface area contributed by atoms with Crippen LogP contribution in [0.3, 0.4) is 0 Å². The molecule has 0 amide bonds. The van der Waals surface area contributed by atoms with Gasteiger partial charge in [-0.1, -0.05) is 67.6 Å². The number of hydrogen-bond acceptors (Lipinski definition) is 1. The van der Waals surface area contributed by atoms with E-state index in [-0.39, 0.29) is 0 Å². The lowest BCUT2D eigenvalue weighted by Crippen LogP contribution is -2.25. The largest absolute Gasteiger partial charge is 0.385 e. The Kier molecular flexibility index (Phi) is 6.37. The van der Waals surface area contributed by atoms with Gasteiger partial charge in [-0.3, -0.25) is 0 Å². The predicted octanol–water partition coefficient (Wildman–Crippen LogP) is 5.26. The van der Waals surface area contributed by atoms with Crippen LogP contribution in [0.15, 0.2) is 28.7 Å². The monoisotopic (exact) mass is 312 g/mol. The van der Waals surface area contributed by atoms with E-state index in [9.17, 15) is 5.11 Å². The molecule has 18 heavy (non-hydrogen) atoms. The summed E-state index contributed by atoms with van der Waals surface area (Å²) in [6.07, 6.45) is 5.70. The molecule has 2 heteroatoms. The minimum atomic E-state index is -0.724. The summed E-state index contributed by atoms with van der Waals surface area (Å²) in [5.74, 6) is 0.610. The van der Waals surface area contributed by atoms with Crippen LogP contribution in [0.25, 0.3) is 0 Å². The molecular formula is C16H25BrO. The topological polar surface area (TPSA) is 20.2 Å². The minimum Gasteiger partial charge on any atom is -0.385 e. The molecule has 0 radical (unpaired) electrons. The second kappa shape index (κ2) is 7.30. The maximum absolute atomic E-state index is 10.7. The van der Waals surface area contributed by atoms with Crippen molar-refractivity contribution < 1.29 is 5.11 Å². The number of halogens is 1. The maximum Gasteiger partial charge on any atom is 0.0871 e. The van der Waals surface area contributed by atoms with Gasteiger partial charge in [0.25, 0.3) is 0 Å². The van der Waals surface area contributed by atoms with Crippen molar-refractivity contribution >= 4 is 15.9 Å². The molecule has 0 heterocycles. The molecule has 0 saturated heterocycles. The van der Waals surface area contributed by atoms with Crippen LogP contribution >= 0.6 is 15.9 Å². The summed E-state index contributed by atoms with van der Waals surface area (Å²) in [7, 11) is 0. The molecule has 0 aliphatic heterocycles. The van der Waals surface area contributed by atoms with Gasteiger partial charge in [0, 0.05) is 4.47 Å². The highest BCUT2D eigenvalue weighted by molar-refractivity contribution is 9.10. The molecule has 0 aliphatic carbocycles. The highest BCUT2D eigenvalue weighted by Crippen LogP contribution is 2.32. The van der Waals surface area contributed by atoms with Crippen LogP contribution in [-0.4, -0.2) is 5.11 Å². The second-order valence-corrected chi connectivity index (χ2v) is 6.32. The minimum absolute atomic E-state index is 0.610. The lowest BCUT2D eigenvalue weighted by atomic mass is 9.83. The van der Waals surface area contributed by atoms with Gasteiger partial charge in [-0.2, -0.15) is 0 Å². The van der Waals surface area contributed by atoms with E-state index in [1.54, 1.807) is 0 Å². The van der Waals surface area contributed by atoms with Crippen molar-refractivity contribution in [3.05, 3.63) is 34.3 Å². The number of unbranched alkanes of at least 4 members (excludes halogenated alkanes) is 1. The number of benzene rings is 1. The summed E-state index contributed by atoms with van der Waals surface area (Å²) < 4.78 is 1.03. The van der Waals surface area contributed by atoms with Crippen LogP contribution in [0.4, 0.5) is 0 Å². The Balaban J connectivity index is 2.73. The van der Waals surface area contributed by atoms with E-state index in [0.717, 1.165) is 22.9 Å². The molecule has 1 N–H and O–H groups in total. The van der Waals surface area contributed by atoms with Gasteiger partial charge in [0.15, 0.2) is 0 Å². The van der Waals surface area contributed by atoms with Gasteiger partial charge < -0.3 is 5.11 Å². The van der Waals surface area contributed by atoms with E-state index in [1.807, 2.05) is 31.2 Å². The van der Waals surface area contributed by atoms with E-state index >= 15 is 0 Å². The summed E-state index contributed by atoms with van der Waals surface area (Å²) in [5.41, 5.74) is 0.282. The Hall–Kier alpha value is -0.340. The van der Waals surface area contributed by atoms with Crippen molar-refractivity contribution in [1.29, 1.82) is 0 Å². The molecule has 1 aromatic carbocycles. The third kappa shape index (κ3) is 4.74. The molecular weight excluding hydrogens is 288 g/mol. The fourth-order valence-corrected chi connectivity index (χ4v) is 2.85. The predicted molar refractivity (Wildman–Crippen MR) is 81.6 cm³/mol. The van der Waals surface area contributed by atoms with Crippen molar-refractivity contribution in [2.75, 3.05) is 0 Å². The lowest BCUT2D eigenvalue weighted by molar-refractivity contribution is 0.0274. The Labute approximate surface area is 120 Å². The van der Waals surface area contributed by atoms with Crippen molar-refractivity contribution in [3.8, 4) is 0 Å². The van der Waals surface area contributed by atoms with Gasteiger partial charge >= 0.3 is 0 Å². The Morgan fingerprint density at radius 3 is 2.61 bits per heavy atom. The third-order valence-electron chi connectivity index (χ3n) is 3.68. The zero-order valence-corrected chi connectivity index (χ0v) is 13.3. The molecule has 102 valence electrons. The molecule has 1 rings (SSSR count). The zero-order chi connectivity index (χ0) is 13.6. The summed E-state index contributed by atoms with van der Waals surface area (Å²) in [5, 5.41) is 10.7. The van der Waals surface area contributed by atoms with Crippen LogP contribution in [0, 0.1) is 5.92 Å². The summed E-state index contributed by atoms with van der Waals surface area (Å²) >= 11 is 3.47. The van der Waals surface area contributed by atoms with Gasteiger partial charge in [-0.25, -0.2) is 0 Å². The summed E-state index contributed by atoms with van der Waals surface area (Å²) in [6, 6.07) is 8.01. The van der Waals surface area contributed by atoms with Gasteiger partial charge in [0.1, 0.15) is 0 Å². The van der Waals surface area contributed by atoms with Gasteiger partial charge in [0.05, 0.1) is 5.60 Å². The normalized spacial score (nSPS) is 16.3. The van der Waals surface area contributed by atoms with Gasteiger partial charge in [-0.15, -0.1) is 0 Å². The zero-order valence-electron chi connectivity index (χ0n) is 11.7. The standard InChI is InChI=1S/C16H25BrO/c1-4-6-8-13(5-2)12-16(3,18)14-9-7-10-15(17)11-14/h7,9-11,13,18H,4-6,8,12H2,1-3H3. The molecule has 0 aromatic heterocycles. The molecule has 0 saturated carbocycles. The van der Waals surface area contributed by atoms with Gasteiger partial charge in [-0.05, 0) is 37.0 Å². The van der Waals surface area contributed by atoms with Crippen LogP contribution in [0.1, 0.15) is 58.4 Å². The van der Waals surface area contributed by atoms with Crippen LogP contribution in [0.2, 0.25) is 0 Å². The van der Waals surface area contributed by atoms with Crippen molar-refractivity contribution in [2.24, 2.45) is 5.92 Å². The van der Waals surface area contributed by atoms with Crippen LogP contribution < -0.4 is 0 Å². The number of aliphatic hydroxyl groups is 1. The highest BCUT2D eigenvalue weighted by Gasteiger charge is 2.26. The van der Waals surface area contributed by atoms with E-state index in [4.69, 9.17) is 0 Å². The highest BCUT2D eigenvalue weighted by atomic mass is 79.9. The quantitative estimate of drug-likeness (QED) is 0.727. The Morgan fingerprint density at radius 2 is 2.06 bits per heavy atom. The Morgan fingerprint density at radius 1 is 1.33 bits per heavy atom. The number of rotatable bonds is 7. The summed E-state index contributed by atoms with van der Waals surface area (Å²) in [4.78, 5) is 0. The second-order valence-electron chi connectivity index (χ2n) is 5.40. The van der Waals surface area contributed by atoms with Crippen LogP contribution in [0.5, 0.6) is 0 Å². The first-order valence-electron chi connectivity index (χ1n) is 6.98. The molecule has 0 aliphatic rings. The molecule has 2 atom stereocenters. The van der Waals surface area contributed by atoms with E-state index in [0.29, 0.717) is 5.92 Å². The number of hydrogen-bond donors (Lipinski definition) is 1. The smallest absolute Gasteiger partial charge is 0.0871 e. The molecule has 0 fully saturated rings. The molecule has 1 nitrogen and oxygen atoms in total. The van der Waals surface area contributed by atoms with Crippen molar-refractivity contribution in [2.45, 2.75) is 58.5 Å². The molecule has 0 bridgehead atoms. The fourth-order valence-electron chi connectivity index (χ4n) is 2.45. The first kappa shape index (κ1) is 15.7. The first-order chi connectivity index (χ1) is 8.49. The molecule has 2 unspecified atom stereocenters. The van der Waals surface area contributed by atoms with Crippen molar-refractivity contribution in [1.82, 2.24) is 0 Å².